The fourth-order valence-corrected chi connectivity index (χ4v) is 2.78. The van der Waals surface area contributed by atoms with Gasteiger partial charge in [0.15, 0.2) is 6.61 Å². The number of halogens is 1. The second kappa shape index (κ2) is 8.59. The first-order valence-corrected chi connectivity index (χ1v) is 8.97. The zero-order chi connectivity index (χ0) is 19.2. The van der Waals surface area contributed by atoms with Crippen molar-refractivity contribution in [3.63, 3.8) is 0 Å². The van der Waals surface area contributed by atoms with Crippen molar-refractivity contribution < 1.29 is 19.1 Å². The Morgan fingerprint density at radius 3 is 2.78 bits per heavy atom. The predicted molar refractivity (Wildman–Crippen MR) is 104 cm³/mol. The molecule has 1 N–H and O–H groups in total. The van der Waals surface area contributed by atoms with Gasteiger partial charge < -0.3 is 14.8 Å². The number of aromatic nitrogens is 2. The Balaban J connectivity index is 1.71. The predicted octanol–water partition coefficient (Wildman–Crippen LogP) is 3.59. The van der Waals surface area contributed by atoms with Crippen molar-refractivity contribution in [3.8, 4) is 5.88 Å². The summed E-state index contributed by atoms with van der Waals surface area (Å²) in [4.78, 5) is 32.5. The van der Waals surface area contributed by atoms with Gasteiger partial charge in [0.05, 0.1) is 28.8 Å². The Bertz CT molecular complexity index is 994. The molecule has 0 bridgehead atoms. The van der Waals surface area contributed by atoms with Crippen LogP contribution in [0.15, 0.2) is 53.3 Å². The first kappa shape index (κ1) is 18.8. The van der Waals surface area contributed by atoms with Gasteiger partial charge >= 0.3 is 5.97 Å². The van der Waals surface area contributed by atoms with E-state index in [1.54, 1.807) is 31.2 Å². The molecule has 0 atom stereocenters. The Labute approximate surface area is 163 Å². The second-order valence-corrected chi connectivity index (χ2v) is 6.36. The second-order valence-electron chi connectivity index (χ2n) is 5.44. The smallest absolute Gasteiger partial charge is 0.340 e. The van der Waals surface area contributed by atoms with Crippen molar-refractivity contribution >= 4 is 44.4 Å². The van der Waals surface area contributed by atoms with E-state index < -0.39 is 11.9 Å². The van der Waals surface area contributed by atoms with Crippen LogP contribution >= 0.6 is 15.9 Å². The molecule has 3 rings (SSSR count). The Hall–Kier alpha value is -3.00. The number of esters is 1. The first-order valence-electron chi connectivity index (χ1n) is 8.17. The number of carbonyl (C=O) groups is 2. The highest BCUT2D eigenvalue weighted by atomic mass is 79.9. The number of para-hydroxylation sites is 1. The summed E-state index contributed by atoms with van der Waals surface area (Å²) in [6.07, 6.45) is 1.37. The largest absolute Gasteiger partial charge is 0.467 e. The van der Waals surface area contributed by atoms with Crippen LogP contribution in [0.25, 0.3) is 10.9 Å². The standard InChI is InChI=1S/C19H16BrN3O4/c1-2-26-19(25)13-5-3-4-6-16(13)23-17(24)10-27-18-14-9-12(20)7-8-15(14)21-11-22-18/h3-9,11H,2,10H2,1H3,(H,23,24). The SMILES string of the molecule is CCOC(=O)c1ccccc1NC(=O)COc1ncnc2ccc(Br)cc12. The molecular weight excluding hydrogens is 414 g/mol. The van der Waals surface area contributed by atoms with Gasteiger partial charge in [0.25, 0.3) is 5.91 Å². The number of rotatable bonds is 6. The minimum Gasteiger partial charge on any atom is -0.467 e. The molecule has 0 fully saturated rings. The number of nitrogens with zero attached hydrogens (tertiary/aromatic N) is 2. The monoisotopic (exact) mass is 429 g/mol. The molecule has 27 heavy (non-hydrogen) atoms. The summed E-state index contributed by atoms with van der Waals surface area (Å²) in [6, 6.07) is 12.1. The fraction of sp³-hybridized carbons (Fsp3) is 0.158. The van der Waals surface area contributed by atoms with E-state index in [2.05, 4.69) is 31.2 Å². The maximum atomic E-state index is 12.3. The number of nitrogens with one attached hydrogen (secondary N) is 1. The maximum absolute atomic E-state index is 12.3. The van der Waals surface area contributed by atoms with Crippen LogP contribution in [-0.4, -0.2) is 35.1 Å². The third kappa shape index (κ3) is 4.59. The van der Waals surface area contributed by atoms with E-state index in [4.69, 9.17) is 9.47 Å². The van der Waals surface area contributed by atoms with Gasteiger partial charge in [0.2, 0.25) is 5.88 Å². The Morgan fingerprint density at radius 1 is 1.15 bits per heavy atom. The van der Waals surface area contributed by atoms with Crippen LogP contribution in [0.4, 0.5) is 5.69 Å². The topological polar surface area (TPSA) is 90.4 Å². The molecular formula is C19H16BrN3O4. The molecule has 0 radical (unpaired) electrons. The van der Waals surface area contributed by atoms with Crippen LogP contribution in [0.1, 0.15) is 17.3 Å². The molecule has 138 valence electrons. The van der Waals surface area contributed by atoms with Crippen LogP contribution in [0.2, 0.25) is 0 Å². The molecule has 3 aromatic rings. The van der Waals surface area contributed by atoms with Gasteiger partial charge in [-0.05, 0) is 37.3 Å². The van der Waals surface area contributed by atoms with E-state index in [9.17, 15) is 9.59 Å². The minimum atomic E-state index is -0.499. The summed E-state index contributed by atoms with van der Waals surface area (Å²) in [7, 11) is 0. The number of hydrogen-bond acceptors (Lipinski definition) is 6. The van der Waals surface area contributed by atoms with E-state index in [1.165, 1.54) is 6.33 Å². The third-order valence-corrected chi connectivity index (χ3v) is 4.09. The first-order chi connectivity index (χ1) is 13.1. The van der Waals surface area contributed by atoms with Crippen LogP contribution in [-0.2, 0) is 9.53 Å². The van der Waals surface area contributed by atoms with E-state index in [0.717, 1.165) is 4.47 Å². The summed E-state index contributed by atoms with van der Waals surface area (Å²) in [5.74, 6) is -0.621. The van der Waals surface area contributed by atoms with E-state index >= 15 is 0 Å². The van der Waals surface area contributed by atoms with Crippen molar-refractivity contribution in [2.24, 2.45) is 0 Å². The number of fused-ring (bicyclic) bond motifs is 1. The van der Waals surface area contributed by atoms with E-state index in [-0.39, 0.29) is 18.8 Å². The van der Waals surface area contributed by atoms with Crippen molar-refractivity contribution in [3.05, 3.63) is 58.8 Å². The van der Waals surface area contributed by atoms with Gasteiger partial charge in [-0.2, -0.15) is 0 Å². The zero-order valence-corrected chi connectivity index (χ0v) is 16.0. The van der Waals surface area contributed by atoms with Crippen LogP contribution in [0, 0.1) is 0 Å². The molecule has 7 nitrogen and oxygen atoms in total. The van der Waals surface area contributed by atoms with Crippen molar-refractivity contribution in [1.29, 1.82) is 0 Å². The molecule has 1 heterocycles. The van der Waals surface area contributed by atoms with Crippen molar-refractivity contribution in [2.75, 3.05) is 18.5 Å². The Kier molecular flexibility index (Phi) is 5.97. The van der Waals surface area contributed by atoms with Gasteiger partial charge in [-0.3, -0.25) is 4.79 Å². The summed E-state index contributed by atoms with van der Waals surface area (Å²) >= 11 is 3.39. The number of anilines is 1. The number of ether oxygens (including phenoxy) is 2. The zero-order valence-electron chi connectivity index (χ0n) is 14.4. The van der Waals surface area contributed by atoms with Crippen LogP contribution in [0.5, 0.6) is 5.88 Å². The highest BCUT2D eigenvalue weighted by Crippen LogP contribution is 2.25. The Morgan fingerprint density at radius 2 is 1.96 bits per heavy atom. The fourth-order valence-electron chi connectivity index (χ4n) is 2.42. The third-order valence-electron chi connectivity index (χ3n) is 3.60. The van der Waals surface area contributed by atoms with Gasteiger partial charge in [0.1, 0.15) is 6.33 Å². The maximum Gasteiger partial charge on any atom is 0.340 e. The highest BCUT2D eigenvalue weighted by molar-refractivity contribution is 9.10. The molecule has 0 unspecified atom stereocenters. The summed E-state index contributed by atoms with van der Waals surface area (Å²) in [5.41, 5.74) is 1.35. The lowest BCUT2D eigenvalue weighted by Crippen LogP contribution is -2.22. The minimum absolute atomic E-state index is 0.251. The molecule has 1 amide bonds. The highest BCUT2D eigenvalue weighted by Gasteiger charge is 2.15. The molecule has 0 aliphatic carbocycles. The van der Waals surface area contributed by atoms with Crippen LogP contribution in [0.3, 0.4) is 0 Å². The van der Waals surface area contributed by atoms with Gasteiger partial charge in [-0.1, -0.05) is 28.1 Å². The van der Waals surface area contributed by atoms with Gasteiger partial charge in [-0.25, -0.2) is 14.8 Å². The average molecular weight is 430 g/mol. The molecule has 0 spiro atoms. The lowest BCUT2D eigenvalue weighted by molar-refractivity contribution is -0.118. The molecule has 1 aromatic heterocycles. The normalized spacial score (nSPS) is 10.4. The molecule has 2 aromatic carbocycles. The number of amides is 1. The van der Waals surface area contributed by atoms with Gasteiger partial charge in [0, 0.05) is 4.47 Å². The molecule has 0 saturated heterocycles. The number of hydrogen-bond donors (Lipinski definition) is 1. The van der Waals surface area contributed by atoms with Crippen LogP contribution < -0.4 is 10.1 Å². The number of benzene rings is 2. The summed E-state index contributed by atoms with van der Waals surface area (Å²) in [6.45, 7) is 1.70. The summed E-state index contributed by atoms with van der Waals surface area (Å²) in [5, 5.41) is 3.35. The molecule has 0 saturated carbocycles. The van der Waals surface area contributed by atoms with Crippen molar-refractivity contribution in [1.82, 2.24) is 9.97 Å². The summed E-state index contributed by atoms with van der Waals surface area (Å²) < 4.78 is 11.4. The molecule has 8 heteroatoms. The average Bonchev–Trinajstić information content (AvgIpc) is 2.67. The molecule has 0 aliphatic rings. The van der Waals surface area contributed by atoms with Crippen molar-refractivity contribution in [2.45, 2.75) is 6.92 Å². The number of carbonyl (C=O) groups excluding carboxylic acids is 2. The lowest BCUT2D eigenvalue weighted by atomic mass is 10.2. The quantitative estimate of drug-likeness (QED) is 0.602. The van der Waals surface area contributed by atoms with E-state index in [1.807, 2.05) is 18.2 Å². The van der Waals surface area contributed by atoms with E-state index in [0.29, 0.717) is 22.5 Å². The molecule has 0 aliphatic heterocycles. The van der Waals surface area contributed by atoms with Gasteiger partial charge in [-0.15, -0.1) is 0 Å². The lowest BCUT2D eigenvalue weighted by Gasteiger charge is -2.11.